The Bertz CT molecular complexity index is 593. The lowest BCUT2D eigenvalue weighted by molar-refractivity contribution is 0.0663. The number of rotatable bonds is 5. The second kappa shape index (κ2) is 5.47. The fourth-order valence-corrected chi connectivity index (χ4v) is 2.43. The maximum Gasteiger partial charge on any atom is 0.372 e. The SMILES string of the molecule is CCCCc1ccc2oc(C(=O)O)c(C(C)C)c2c1. The van der Waals surface area contributed by atoms with Gasteiger partial charge in [0, 0.05) is 10.9 Å². The predicted molar refractivity (Wildman–Crippen MR) is 75.9 cm³/mol. The lowest BCUT2D eigenvalue weighted by atomic mass is 9.97. The standard InChI is InChI=1S/C16H20O3/c1-4-5-6-11-7-8-13-12(9-11)14(10(2)3)15(19-13)16(17)18/h7-10H,4-6H2,1-3H3,(H,17,18). The van der Waals surface area contributed by atoms with Crippen molar-refractivity contribution in [3.05, 3.63) is 35.1 Å². The van der Waals surface area contributed by atoms with Crippen LogP contribution in [0.1, 0.15) is 61.2 Å². The number of hydrogen-bond acceptors (Lipinski definition) is 2. The summed E-state index contributed by atoms with van der Waals surface area (Å²) in [5.74, 6) is -0.776. The largest absolute Gasteiger partial charge is 0.475 e. The zero-order valence-electron chi connectivity index (χ0n) is 11.7. The summed E-state index contributed by atoms with van der Waals surface area (Å²) in [5.41, 5.74) is 2.72. The molecule has 3 heteroatoms. The van der Waals surface area contributed by atoms with Gasteiger partial charge in [-0.2, -0.15) is 0 Å². The number of fused-ring (bicyclic) bond motifs is 1. The van der Waals surface area contributed by atoms with Gasteiger partial charge in [0.2, 0.25) is 5.76 Å². The molecule has 1 heterocycles. The van der Waals surface area contributed by atoms with E-state index >= 15 is 0 Å². The Morgan fingerprint density at radius 2 is 2.11 bits per heavy atom. The van der Waals surface area contributed by atoms with Crippen LogP contribution in [0.25, 0.3) is 11.0 Å². The minimum absolute atomic E-state index is 0.0811. The second-order valence-electron chi connectivity index (χ2n) is 5.24. The van der Waals surface area contributed by atoms with E-state index < -0.39 is 5.97 Å². The normalized spacial score (nSPS) is 11.4. The number of furan rings is 1. The number of carboxylic acid groups (broad SMARTS) is 1. The third kappa shape index (κ3) is 2.65. The van der Waals surface area contributed by atoms with Crippen LogP contribution in [-0.2, 0) is 6.42 Å². The molecule has 0 atom stereocenters. The fourth-order valence-electron chi connectivity index (χ4n) is 2.43. The molecule has 0 spiro atoms. The smallest absolute Gasteiger partial charge is 0.372 e. The monoisotopic (exact) mass is 260 g/mol. The molecule has 19 heavy (non-hydrogen) atoms. The highest BCUT2D eigenvalue weighted by molar-refractivity contribution is 5.95. The van der Waals surface area contributed by atoms with Gasteiger partial charge in [0.25, 0.3) is 0 Å². The van der Waals surface area contributed by atoms with Crippen molar-refractivity contribution in [2.24, 2.45) is 0 Å². The summed E-state index contributed by atoms with van der Waals surface area (Å²) in [7, 11) is 0. The summed E-state index contributed by atoms with van der Waals surface area (Å²) in [4.78, 5) is 11.3. The number of unbranched alkanes of at least 4 members (excludes halogenated alkanes) is 1. The van der Waals surface area contributed by atoms with E-state index in [1.54, 1.807) is 0 Å². The Labute approximate surface area is 113 Å². The van der Waals surface area contributed by atoms with Gasteiger partial charge >= 0.3 is 5.97 Å². The van der Waals surface area contributed by atoms with E-state index in [-0.39, 0.29) is 11.7 Å². The molecule has 0 saturated heterocycles. The van der Waals surface area contributed by atoms with Gasteiger partial charge in [0.15, 0.2) is 0 Å². The van der Waals surface area contributed by atoms with Crippen LogP contribution in [-0.4, -0.2) is 11.1 Å². The Morgan fingerprint density at radius 1 is 1.37 bits per heavy atom. The van der Waals surface area contributed by atoms with Crippen molar-refractivity contribution in [1.29, 1.82) is 0 Å². The molecule has 1 N–H and O–H groups in total. The summed E-state index contributed by atoms with van der Waals surface area (Å²) < 4.78 is 5.48. The van der Waals surface area contributed by atoms with Crippen LogP contribution in [0, 0.1) is 0 Å². The maximum atomic E-state index is 11.3. The molecular weight excluding hydrogens is 240 g/mol. The lowest BCUT2D eigenvalue weighted by Crippen LogP contribution is -2.00. The van der Waals surface area contributed by atoms with Gasteiger partial charge < -0.3 is 9.52 Å². The molecule has 1 aromatic heterocycles. The van der Waals surface area contributed by atoms with E-state index in [9.17, 15) is 9.90 Å². The molecule has 0 fully saturated rings. The number of hydrogen-bond donors (Lipinski definition) is 1. The highest BCUT2D eigenvalue weighted by Gasteiger charge is 2.22. The van der Waals surface area contributed by atoms with Gasteiger partial charge in [-0.25, -0.2) is 4.79 Å². The van der Waals surface area contributed by atoms with Gasteiger partial charge in [-0.3, -0.25) is 0 Å². The molecule has 2 rings (SSSR count). The second-order valence-corrected chi connectivity index (χ2v) is 5.24. The van der Waals surface area contributed by atoms with Gasteiger partial charge in [-0.1, -0.05) is 33.3 Å². The molecule has 0 unspecified atom stereocenters. The van der Waals surface area contributed by atoms with E-state index in [0.29, 0.717) is 5.58 Å². The zero-order valence-corrected chi connectivity index (χ0v) is 11.7. The molecule has 0 bridgehead atoms. The third-order valence-electron chi connectivity index (χ3n) is 3.38. The fraction of sp³-hybridized carbons (Fsp3) is 0.438. The molecule has 0 saturated carbocycles. The van der Waals surface area contributed by atoms with Crippen molar-refractivity contribution in [1.82, 2.24) is 0 Å². The van der Waals surface area contributed by atoms with Gasteiger partial charge in [0.1, 0.15) is 5.58 Å². The topological polar surface area (TPSA) is 50.4 Å². The predicted octanol–water partition coefficient (Wildman–Crippen LogP) is 4.60. The first-order valence-electron chi connectivity index (χ1n) is 6.83. The van der Waals surface area contributed by atoms with Gasteiger partial charge in [0.05, 0.1) is 0 Å². The van der Waals surface area contributed by atoms with Crippen LogP contribution in [0.4, 0.5) is 0 Å². The average molecular weight is 260 g/mol. The average Bonchev–Trinajstić information content (AvgIpc) is 2.75. The highest BCUT2D eigenvalue weighted by Crippen LogP contribution is 2.32. The first-order chi connectivity index (χ1) is 9.04. The van der Waals surface area contributed by atoms with E-state index in [1.807, 2.05) is 26.0 Å². The highest BCUT2D eigenvalue weighted by atomic mass is 16.4. The Morgan fingerprint density at radius 3 is 2.68 bits per heavy atom. The molecule has 0 aliphatic heterocycles. The van der Waals surface area contributed by atoms with E-state index in [0.717, 1.165) is 30.2 Å². The van der Waals surface area contributed by atoms with Gasteiger partial charge in [-0.05, 0) is 36.5 Å². The van der Waals surface area contributed by atoms with Crippen LogP contribution < -0.4 is 0 Å². The number of aromatic carboxylic acids is 1. The number of carbonyl (C=O) groups is 1. The summed E-state index contributed by atoms with van der Waals surface area (Å²) >= 11 is 0. The van der Waals surface area contributed by atoms with E-state index in [2.05, 4.69) is 13.0 Å². The van der Waals surface area contributed by atoms with Gasteiger partial charge in [-0.15, -0.1) is 0 Å². The van der Waals surface area contributed by atoms with Crippen molar-refractivity contribution in [3.63, 3.8) is 0 Å². The molecule has 1 aromatic carbocycles. The number of aryl methyl sites for hydroxylation is 1. The number of carboxylic acids is 1. The quantitative estimate of drug-likeness (QED) is 0.854. The third-order valence-corrected chi connectivity index (χ3v) is 3.38. The molecule has 0 aliphatic rings. The first kappa shape index (κ1) is 13.7. The Balaban J connectivity index is 2.56. The van der Waals surface area contributed by atoms with Crippen molar-refractivity contribution in [3.8, 4) is 0 Å². The summed E-state index contributed by atoms with van der Waals surface area (Å²) in [6.45, 7) is 6.16. The van der Waals surface area contributed by atoms with E-state index in [1.165, 1.54) is 5.56 Å². The molecule has 0 amide bonds. The van der Waals surface area contributed by atoms with Crippen molar-refractivity contribution >= 4 is 16.9 Å². The first-order valence-corrected chi connectivity index (χ1v) is 6.83. The Hall–Kier alpha value is -1.77. The summed E-state index contributed by atoms with van der Waals surface area (Å²) in [6, 6.07) is 5.99. The van der Waals surface area contributed by atoms with Crippen LogP contribution in [0.2, 0.25) is 0 Å². The maximum absolute atomic E-state index is 11.3. The molecule has 3 nitrogen and oxygen atoms in total. The molecule has 102 valence electrons. The lowest BCUT2D eigenvalue weighted by Gasteiger charge is -2.05. The zero-order chi connectivity index (χ0) is 14.0. The van der Waals surface area contributed by atoms with Crippen molar-refractivity contribution in [2.45, 2.75) is 46.0 Å². The molecular formula is C16H20O3. The van der Waals surface area contributed by atoms with Crippen LogP contribution in [0.5, 0.6) is 0 Å². The van der Waals surface area contributed by atoms with Crippen molar-refractivity contribution < 1.29 is 14.3 Å². The van der Waals surface area contributed by atoms with Crippen LogP contribution >= 0.6 is 0 Å². The van der Waals surface area contributed by atoms with E-state index in [4.69, 9.17) is 4.42 Å². The van der Waals surface area contributed by atoms with Crippen molar-refractivity contribution in [2.75, 3.05) is 0 Å². The number of benzene rings is 1. The minimum Gasteiger partial charge on any atom is -0.475 e. The summed E-state index contributed by atoms with van der Waals surface area (Å²) in [6.07, 6.45) is 3.32. The molecule has 0 radical (unpaired) electrons. The molecule has 2 aromatic rings. The Kier molecular flexibility index (Phi) is 3.93. The van der Waals surface area contributed by atoms with Crippen LogP contribution in [0.3, 0.4) is 0 Å². The summed E-state index contributed by atoms with van der Waals surface area (Å²) in [5, 5.41) is 10.2. The minimum atomic E-state index is -0.991. The molecule has 0 aliphatic carbocycles. The van der Waals surface area contributed by atoms with Crippen LogP contribution in [0.15, 0.2) is 22.6 Å².